The maximum Gasteiger partial charge on any atom is 0.255 e. The maximum absolute atomic E-state index is 12.0. The highest BCUT2D eigenvalue weighted by Crippen LogP contribution is 2.11. The number of benzene rings is 2. The van der Waals surface area contributed by atoms with Crippen molar-refractivity contribution >= 4 is 17.5 Å². The standard InChI is InChI=1S/C17H18N2O3/c20-12-4-11-18-16(21)14-7-9-15(10-8-14)19-17(22)13-5-2-1-3-6-13/h1-3,5-10,20H,4,11-12H2,(H,18,21)(H,19,22). The summed E-state index contributed by atoms with van der Waals surface area (Å²) in [5.74, 6) is -0.393. The summed E-state index contributed by atoms with van der Waals surface area (Å²) in [6.45, 7) is 0.479. The fourth-order valence-electron chi connectivity index (χ4n) is 1.88. The minimum absolute atomic E-state index is 0.0464. The second-order valence-electron chi connectivity index (χ2n) is 4.73. The van der Waals surface area contributed by atoms with Crippen molar-refractivity contribution in [2.45, 2.75) is 6.42 Å². The quantitative estimate of drug-likeness (QED) is 0.714. The minimum Gasteiger partial charge on any atom is -0.396 e. The lowest BCUT2D eigenvalue weighted by Crippen LogP contribution is -2.25. The van der Waals surface area contributed by atoms with Crippen LogP contribution in [0.15, 0.2) is 54.6 Å². The average Bonchev–Trinajstić information content (AvgIpc) is 2.56. The molecule has 0 heterocycles. The fraction of sp³-hybridized carbons (Fsp3) is 0.176. The second kappa shape index (κ2) is 7.95. The van der Waals surface area contributed by atoms with Crippen LogP contribution in [0.2, 0.25) is 0 Å². The van der Waals surface area contributed by atoms with Gasteiger partial charge in [-0.05, 0) is 42.8 Å². The minimum atomic E-state index is -0.200. The van der Waals surface area contributed by atoms with Gasteiger partial charge in [0.25, 0.3) is 11.8 Å². The Balaban J connectivity index is 1.94. The first-order valence-corrected chi connectivity index (χ1v) is 7.06. The van der Waals surface area contributed by atoms with E-state index in [2.05, 4.69) is 10.6 Å². The highest BCUT2D eigenvalue weighted by Gasteiger charge is 2.07. The first-order chi connectivity index (χ1) is 10.7. The molecule has 0 spiro atoms. The predicted octanol–water partition coefficient (Wildman–Crippen LogP) is 2.05. The van der Waals surface area contributed by atoms with E-state index in [-0.39, 0.29) is 18.4 Å². The highest BCUT2D eigenvalue weighted by molar-refractivity contribution is 6.04. The second-order valence-corrected chi connectivity index (χ2v) is 4.73. The molecule has 0 radical (unpaired) electrons. The monoisotopic (exact) mass is 298 g/mol. The molecule has 0 saturated heterocycles. The van der Waals surface area contributed by atoms with E-state index in [0.29, 0.717) is 29.8 Å². The number of hydrogen-bond donors (Lipinski definition) is 3. The number of nitrogens with one attached hydrogen (secondary N) is 2. The van der Waals surface area contributed by atoms with Gasteiger partial charge >= 0.3 is 0 Å². The van der Waals surface area contributed by atoms with Crippen molar-refractivity contribution in [1.82, 2.24) is 5.32 Å². The summed E-state index contributed by atoms with van der Waals surface area (Å²) in [4.78, 5) is 23.8. The molecule has 2 amide bonds. The molecular weight excluding hydrogens is 280 g/mol. The topological polar surface area (TPSA) is 78.4 Å². The van der Waals surface area contributed by atoms with E-state index in [0.717, 1.165) is 0 Å². The summed E-state index contributed by atoms with van der Waals surface area (Å²) in [6, 6.07) is 15.6. The molecule has 0 aliphatic heterocycles. The Morgan fingerprint density at radius 2 is 1.50 bits per heavy atom. The van der Waals surface area contributed by atoms with Crippen LogP contribution in [0.1, 0.15) is 27.1 Å². The Labute approximate surface area is 129 Å². The molecule has 2 aromatic carbocycles. The molecule has 0 bridgehead atoms. The predicted molar refractivity (Wildman–Crippen MR) is 84.9 cm³/mol. The van der Waals surface area contributed by atoms with E-state index in [1.165, 1.54) is 0 Å². The van der Waals surface area contributed by atoms with Crippen molar-refractivity contribution in [2.75, 3.05) is 18.5 Å². The van der Waals surface area contributed by atoms with Gasteiger partial charge in [0, 0.05) is 30.0 Å². The van der Waals surface area contributed by atoms with Gasteiger partial charge in [0.1, 0.15) is 0 Å². The van der Waals surface area contributed by atoms with E-state index in [9.17, 15) is 9.59 Å². The molecule has 0 aliphatic rings. The Hall–Kier alpha value is -2.66. The molecule has 0 fully saturated rings. The van der Waals surface area contributed by atoms with E-state index in [1.807, 2.05) is 6.07 Å². The van der Waals surface area contributed by atoms with Crippen LogP contribution in [-0.2, 0) is 0 Å². The Morgan fingerprint density at radius 1 is 0.864 bits per heavy atom. The van der Waals surface area contributed by atoms with Crippen LogP contribution in [0.3, 0.4) is 0 Å². The van der Waals surface area contributed by atoms with Crippen LogP contribution in [0.25, 0.3) is 0 Å². The van der Waals surface area contributed by atoms with Crippen LogP contribution in [0.4, 0.5) is 5.69 Å². The molecule has 5 nitrogen and oxygen atoms in total. The van der Waals surface area contributed by atoms with Crippen LogP contribution >= 0.6 is 0 Å². The van der Waals surface area contributed by atoms with Crippen molar-refractivity contribution in [3.05, 3.63) is 65.7 Å². The molecule has 0 saturated carbocycles. The van der Waals surface area contributed by atoms with Crippen molar-refractivity contribution < 1.29 is 14.7 Å². The smallest absolute Gasteiger partial charge is 0.255 e. The molecule has 114 valence electrons. The lowest BCUT2D eigenvalue weighted by Gasteiger charge is -2.07. The number of carbonyl (C=O) groups is 2. The SMILES string of the molecule is O=C(NCCCO)c1ccc(NC(=O)c2ccccc2)cc1. The van der Waals surface area contributed by atoms with Gasteiger partial charge in [-0.3, -0.25) is 9.59 Å². The lowest BCUT2D eigenvalue weighted by atomic mass is 10.1. The molecule has 0 atom stereocenters. The van der Waals surface area contributed by atoms with Crippen molar-refractivity contribution in [2.24, 2.45) is 0 Å². The number of hydrogen-bond acceptors (Lipinski definition) is 3. The zero-order valence-electron chi connectivity index (χ0n) is 12.1. The van der Waals surface area contributed by atoms with Gasteiger partial charge in [-0.25, -0.2) is 0 Å². The van der Waals surface area contributed by atoms with E-state index in [1.54, 1.807) is 48.5 Å². The molecule has 2 rings (SSSR count). The summed E-state index contributed by atoms with van der Waals surface area (Å²) in [6.07, 6.45) is 0.525. The lowest BCUT2D eigenvalue weighted by molar-refractivity contribution is 0.0950. The molecule has 2 aromatic rings. The van der Waals surface area contributed by atoms with Gasteiger partial charge in [-0.15, -0.1) is 0 Å². The van der Waals surface area contributed by atoms with Crippen molar-refractivity contribution in [3.63, 3.8) is 0 Å². The molecule has 0 aliphatic carbocycles. The third-order valence-electron chi connectivity index (χ3n) is 3.06. The number of aliphatic hydroxyl groups excluding tert-OH is 1. The van der Waals surface area contributed by atoms with Crippen LogP contribution in [0, 0.1) is 0 Å². The fourth-order valence-corrected chi connectivity index (χ4v) is 1.88. The summed E-state index contributed by atoms with van der Waals surface area (Å²) >= 11 is 0. The Morgan fingerprint density at radius 3 is 2.14 bits per heavy atom. The first kappa shape index (κ1) is 15.7. The Bertz CT molecular complexity index is 624. The van der Waals surface area contributed by atoms with E-state index < -0.39 is 0 Å². The summed E-state index contributed by atoms with van der Waals surface area (Å²) in [7, 11) is 0. The molecule has 22 heavy (non-hydrogen) atoms. The molecular formula is C17H18N2O3. The van der Waals surface area contributed by atoms with Gasteiger partial charge in [-0.1, -0.05) is 18.2 Å². The first-order valence-electron chi connectivity index (χ1n) is 7.06. The van der Waals surface area contributed by atoms with E-state index >= 15 is 0 Å². The van der Waals surface area contributed by atoms with Gasteiger partial charge < -0.3 is 15.7 Å². The summed E-state index contributed by atoms with van der Waals surface area (Å²) in [5.41, 5.74) is 1.71. The summed E-state index contributed by atoms with van der Waals surface area (Å²) in [5, 5.41) is 14.1. The zero-order valence-corrected chi connectivity index (χ0v) is 12.1. The number of carbonyl (C=O) groups excluding carboxylic acids is 2. The van der Waals surface area contributed by atoms with Gasteiger partial charge in [0.05, 0.1) is 0 Å². The third-order valence-corrected chi connectivity index (χ3v) is 3.06. The molecule has 3 N–H and O–H groups in total. The van der Waals surface area contributed by atoms with Crippen LogP contribution in [-0.4, -0.2) is 30.1 Å². The number of rotatable bonds is 6. The molecule has 5 heteroatoms. The maximum atomic E-state index is 12.0. The molecule has 0 unspecified atom stereocenters. The van der Waals surface area contributed by atoms with Gasteiger partial charge in [0.15, 0.2) is 0 Å². The summed E-state index contributed by atoms with van der Waals surface area (Å²) < 4.78 is 0. The van der Waals surface area contributed by atoms with Gasteiger partial charge in [0.2, 0.25) is 0 Å². The average molecular weight is 298 g/mol. The number of anilines is 1. The van der Waals surface area contributed by atoms with Crippen molar-refractivity contribution in [1.29, 1.82) is 0 Å². The zero-order chi connectivity index (χ0) is 15.8. The highest BCUT2D eigenvalue weighted by atomic mass is 16.3. The number of aliphatic hydroxyl groups is 1. The van der Waals surface area contributed by atoms with Crippen molar-refractivity contribution in [3.8, 4) is 0 Å². The normalized spacial score (nSPS) is 10.0. The van der Waals surface area contributed by atoms with Crippen LogP contribution < -0.4 is 10.6 Å². The Kier molecular flexibility index (Phi) is 5.68. The molecule has 0 aromatic heterocycles. The number of amides is 2. The largest absolute Gasteiger partial charge is 0.396 e. The van der Waals surface area contributed by atoms with Gasteiger partial charge in [-0.2, -0.15) is 0 Å². The van der Waals surface area contributed by atoms with E-state index in [4.69, 9.17) is 5.11 Å². The van der Waals surface area contributed by atoms with Crippen LogP contribution in [0.5, 0.6) is 0 Å². The third kappa shape index (κ3) is 4.43.